The number of amides is 2. The van der Waals surface area contributed by atoms with E-state index in [2.05, 4.69) is 16.5 Å². The van der Waals surface area contributed by atoms with E-state index in [1.165, 1.54) is 10.2 Å². The Bertz CT molecular complexity index is 1200. The highest BCUT2D eigenvalue weighted by molar-refractivity contribution is 6.05. The zero-order chi connectivity index (χ0) is 22.0. The van der Waals surface area contributed by atoms with Gasteiger partial charge in [-0.3, -0.25) is 14.4 Å². The molecule has 0 saturated carbocycles. The van der Waals surface area contributed by atoms with Gasteiger partial charge in [0.2, 0.25) is 5.91 Å². The number of aromatic nitrogens is 2. The van der Waals surface area contributed by atoms with Crippen molar-refractivity contribution < 1.29 is 9.59 Å². The minimum absolute atomic E-state index is 0.111. The van der Waals surface area contributed by atoms with E-state index in [1.807, 2.05) is 32.0 Å². The molecule has 4 rings (SSSR count). The van der Waals surface area contributed by atoms with E-state index in [-0.39, 0.29) is 29.6 Å². The Hall–Kier alpha value is -3.48. The molecule has 160 valence electrons. The number of nitrogens with one attached hydrogen (secondary N) is 1. The average Bonchev–Trinajstić information content (AvgIpc) is 2.78. The molecular formula is C24H26N4O3. The zero-order valence-corrected chi connectivity index (χ0v) is 17.8. The lowest BCUT2D eigenvalue weighted by molar-refractivity contribution is -0.131. The quantitative estimate of drug-likeness (QED) is 0.689. The lowest BCUT2D eigenvalue weighted by atomic mass is 10.00. The van der Waals surface area contributed by atoms with Gasteiger partial charge in [-0.05, 0) is 29.5 Å². The molecule has 2 aromatic carbocycles. The normalized spacial score (nSPS) is 13.3. The van der Waals surface area contributed by atoms with Gasteiger partial charge in [0.15, 0.2) is 5.69 Å². The Labute approximate surface area is 180 Å². The van der Waals surface area contributed by atoms with E-state index >= 15 is 0 Å². The van der Waals surface area contributed by atoms with E-state index < -0.39 is 5.91 Å². The summed E-state index contributed by atoms with van der Waals surface area (Å²) in [7, 11) is 0. The number of hydrogen-bond acceptors (Lipinski definition) is 4. The minimum Gasteiger partial charge on any atom is -0.342 e. The van der Waals surface area contributed by atoms with Gasteiger partial charge in [-0.1, -0.05) is 56.3 Å². The van der Waals surface area contributed by atoms with Crippen molar-refractivity contribution in [3.8, 4) is 0 Å². The Morgan fingerprint density at radius 3 is 2.45 bits per heavy atom. The maximum Gasteiger partial charge on any atom is 0.274 e. The molecule has 7 nitrogen and oxygen atoms in total. The number of carbonyl (C=O) groups excluding carboxylic acids is 2. The summed E-state index contributed by atoms with van der Waals surface area (Å²) in [6.45, 7) is 5.45. The third kappa shape index (κ3) is 4.35. The van der Waals surface area contributed by atoms with Gasteiger partial charge < -0.3 is 10.2 Å². The number of fused-ring (bicyclic) bond motifs is 2. The molecule has 0 bridgehead atoms. The molecule has 2 amide bonds. The lowest BCUT2D eigenvalue weighted by Crippen LogP contribution is -2.43. The van der Waals surface area contributed by atoms with Crippen LogP contribution in [0.4, 0.5) is 0 Å². The van der Waals surface area contributed by atoms with Crippen molar-refractivity contribution in [3.63, 3.8) is 0 Å². The number of rotatable bonds is 5. The van der Waals surface area contributed by atoms with Crippen LogP contribution in [0.25, 0.3) is 10.8 Å². The molecule has 31 heavy (non-hydrogen) atoms. The minimum atomic E-state index is -0.459. The summed E-state index contributed by atoms with van der Waals surface area (Å²) < 4.78 is 1.34. The largest absolute Gasteiger partial charge is 0.342 e. The van der Waals surface area contributed by atoms with Crippen LogP contribution in [-0.4, -0.2) is 39.6 Å². The summed E-state index contributed by atoms with van der Waals surface area (Å²) >= 11 is 0. The molecule has 1 aliphatic rings. The van der Waals surface area contributed by atoms with Crippen LogP contribution in [0.5, 0.6) is 0 Å². The number of hydrogen-bond donors (Lipinski definition) is 1. The predicted octanol–water partition coefficient (Wildman–Crippen LogP) is 2.37. The smallest absolute Gasteiger partial charge is 0.274 e. The molecule has 0 atom stereocenters. The van der Waals surface area contributed by atoms with Crippen LogP contribution in [0, 0.1) is 5.92 Å². The molecule has 0 fully saturated rings. The first kappa shape index (κ1) is 20.8. The molecular weight excluding hydrogens is 392 g/mol. The van der Waals surface area contributed by atoms with Crippen LogP contribution in [0.1, 0.15) is 35.5 Å². The first-order chi connectivity index (χ1) is 14.9. The molecule has 0 spiro atoms. The third-order valence-corrected chi connectivity index (χ3v) is 5.50. The van der Waals surface area contributed by atoms with E-state index in [0.717, 1.165) is 12.0 Å². The fourth-order valence-corrected chi connectivity index (χ4v) is 3.93. The second-order valence-corrected chi connectivity index (χ2v) is 8.29. The maximum absolute atomic E-state index is 12.9. The zero-order valence-electron chi connectivity index (χ0n) is 17.8. The molecule has 2 heterocycles. The van der Waals surface area contributed by atoms with Crippen LogP contribution >= 0.6 is 0 Å². The van der Waals surface area contributed by atoms with Gasteiger partial charge in [0.1, 0.15) is 0 Å². The fourth-order valence-electron chi connectivity index (χ4n) is 3.93. The molecule has 0 saturated heterocycles. The Morgan fingerprint density at radius 2 is 1.71 bits per heavy atom. The van der Waals surface area contributed by atoms with Gasteiger partial charge in [-0.2, -0.15) is 5.10 Å². The Kier molecular flexibility index (Phi) is 5.84. The highest BCUT2D eigenvalue weighted by Gasteiger charge is 2.22. The highest BCUT2D eigenvalue weighted by atomic mass is 16.2. The topological polar surface area (TPSA) is 84.3 Å². The van der Waals surface area contributed by atoms with Crippen LogP contribution in [0.3, 0.4) is 0 Å². The lowest BCUT2D eigenvalue weighted by Gasteiger charge is -2.29. The van der Waals surface area contributed by atoms with Crippen molar-refractivity contribution in [2.24, 2.45) is 5.92 Å². The molecule has 0 radical (unpaired) electrons. The van der Waals surface area contributed by atoms with Gasteiger partial charge in [0, 0.05) is 25.0 Å². The third-order valence-electron chi connectivity index (χ3n) is 5.50. The highest BCUT2D eigenvalue weighted by Crippen LogP contribution is 2.18. The van der Waals surface area contributed by atoms with E-state index in [1.54, 1.807) is 29.2 Å². The standard InChI is InChI=1S/C24H26N4O3/c1-16(2)14-28-24(31)20-10-6-5-9-19(20)22(26-28)23(30)25-13-21(29)27-12-11-17-7-3-4-8-18(17)15-27/h3-10,16H,11-15H2,1-2H3,(H,25,30). The van der Waals surface area contributed by atoms with Crippen LogP contribution in [0.2, 0.25) is 0 Å². The summed E-state index contributed by atoms with van der Waals surface area (Å²) in [5.41, 5.74) is 2.34. The number of benzene rings is 2. The Morgan fingerprint density at radius 1 is 1.03 bits per heavy atom. The molecule has 7 heteroatoms. The Balaban J connectivity index is 1.52. The summed E-state index contributed by atoms with van der Waals surface area (Å²) in [6.07, 6.45) is 0.808. The van der Waals surface area contributed by atoms with Crippen molar-refractivity contribution in [3.05, 3.63) is 75.7 Å². The SMILES string of the molecule is CC(C)Cn1nc(C(=O)NCC(=O)N2CCc3ccccc3C2)c2ccccc2c1=O. The van der Waals surface area contributed by atoms with Crippen molar-refractivity contribution in [2.45, 2.75) is 33.4 Å². The predicted molar refractivity (Wildman–Crippen MR) is 119 cm³/mol. The fraction of sp³-hybridized carbons (Fsp3) is 0.333. The van der Waals surface area contributed by atoms with Crippen LogP contribution in [0.15, 0.2) is 53.3 Å². The molecule has 3 aromatic rings. The van der Waals surface area contributed by atoms with Gasteiger partial charge >= 0.3 is 0 Å². The first-order valence-electron chi connectivity index (χ1n) is 10.6. The van der Waals surface area contributed by atoms with E-state index in [4.69, 9.17) is 0 Å². The second-order valence-electron chi connectivity index (χ2n) is 8.29. The first-order valence-corrected chi connectivity index (χ1v) is 10.6. The molecule has 1 N–H and O–H groups in total. The number of carbonyl (C=O) groups is 2. The van der Waals surface area contributed by atoms with Crippen molar-refractivity contribution >= 4 is 22.6 Å². The van der Waals surface area contributed by atoms with Gasteiger partial charge in [-0.15, -0.1) is 0 Å². The van der Waals surface area contributed by atoms with E-state index in [9.17, 15) is 14.4 Å². The van der Waals surface area contributed by atoms with Crippen LogP contribution in [-0.2, 0) is 24.3 Å². The second kappa shape index (κ2) is 8.71. The molecule has 0 unspecified atom stereocenters. The molecule has 0 aliphatic carbocycles. The monoisotopic (exact) mass is 418 g/mol. The van der Waals surface area contributed by atoms with Crippen molar-refractivity contribution in [2.75, 3.05) is 13.1 Å². The summed E-state index contributed by atoms with van der Waals surface area (Å²) in [4.78, 5) is 40.1. The number of nitrogens with zero attached hydrogens (tertiary/aromatic N) is 3. The summed E-state index contributed by atoms with van der Waals surface area (Å²) in [5, 5.41) is 7.97. The van der Waals surface area contributed by atoms with Gasteiger partial charge in [-0.25, -0.2) is 4.68 Å². The van der Waals surface area contributed by atoms with Crippen LogP contribution < -0.4 is 10.9 Å². The maximum atomic E-state index is 12.9. The summed E-state index contributed by atoms with van der Waals surface area (Å²) in [5.74, 6) is -0.395. The molecule has 1 aliphatic heterocycles. The van der Waals surface area contributed by atoms with Crippen molar-refractivity contribution in [1.82, 2.24) is 20.0 Å². The van der Waals surface area contributed by atoms with E-state index in [0.29, 0.717) is 30.4 Å². The summed E-state index contributed by atoms with van der Waals surface area (Å²) in [6, 6.07) is 15.0. The molecule has 1 aromatic heterocycles. The van der Waals surface area contributed by atoms with Gasteiger partial charge in [0.05, 0.1) is 11.9 Å². The van der Waals surface area contributed by atoms with Gasteiger partial charge in [0.25, 0.3) is 11.5 Å². The average molecular weight is 418 g/mol. The van der Waals surface area contributed by atoms with Crippen molar-refractivity contribution in [1.29, 1.82) is 0 Å².